The molecule has 0 fully saturated rings. The molecule has 9 nitrogen and oxygen atoms in total. The smallest absolute Gasteiger partial charge is 0.350 e. The van der Waals surface area contributed by atoms with Gasteiger partial charge in [0.25, 0.3) is 0 Å². The Hall–Kier alpha value is -4.11. The van der Waals surface area contributed by atoms with Gasteiger partial charge in [0.1, 0.15) is 17.8 Å². The van der Waals surface area contributed by atoms with Crippen molar-refractivity contribution in [1.29, 1.82) is 0 Å². The maximum Gasteiger partial charge on any atom is 0.350 e. The Labute approximate surface area is 186 Å². The highest BCUT2D eigenvalue weighted by Crippen LogP contribution is 2.23. The molecule has 0 saturated carbocycles. The van der Waals surface area contributed by atoms with Gasteiger partial charge in [-0.1, -0.05) is 29.8 Å². The highest BCUT2D eigenvalue weighted by molar-refractivity contribution is 6.30. The van der Waals surface area contributed by atoms with Crippen LogP contribution in [0.2, 0.25) is 5.02 Å². The Morgan fingerprint density at radius 2 is 1.91 bits per heavy atom. The first kappa shape index (κ1) is 19.8. The molecule has 0 aliphatic heterocycles. The number of carbonyl (C=O) groups excluding carboxylic acids is 1. The molecular formula is C22H17ClN6O3. The van der Waals surface area contributed by atoms with Crippen molar-refractivity contribution >= 4 is 34.4 Å². The molecule has 5 aromatic rings. The van der Waals surface area contributed by atoms with Crippen LogP contribution in [0, 0.1) is 0 Å². The summed E-state index contributed by atoms with van der Waals surface area (Å²) in [5.41, 5.74) is 2.79. The van der Waals surface area contributed by atoms with Gasteiger partial charge in [-0.05, 0) is 30.3 Å². The number of nitrogens with one attached hydrogen (secondary N) is 1. The van der Waals surface area contributed by atoms with Gasteiger partial charge in [-0.2, -0.15) is 5.10 Å². The van der Waals surface area contributed by atoms with Gasteiger partial charge in [-0.15, -0.1) is 5.10 Å². The second-order valence-corrected chi connectivity index (χ2v) is 7.51. The van der Waals surface area contributed by atoms with Crippen molar-refractivity contribution in [1.82, 2.24) is 23.8 Å². The number of amides is 1. The summed E-state index contributed by atoms with van der Waals surface area (Å²) in [7, 11) is 1.55. The first-order valence-electron chi connectivity index (χ1n) is 9.69. The fraction of sp³-hybridized carbons (Fsp3) is 0.0909. The molecule has 3 aromatic heterocycles. The van der Waals surface area contributed by atoms with Gasteiger partial charge in [-0.3, -0.25) is 4.79 Å². The highest BCUT2D eigenvalue weighted by Gasteiger charge is 2.15. The Balaban J connectivity index is 1.47. The highest BCUT2D eigenvalue weighted by atomic mass is 35.5. The number of anilines is 1. The zero-order valence-electron chi connectivity index (χ0n) is 16.9. The Bertz CT molecular complexity index is 1520. The average molecular weight is 449 g/mol. The van der Waals surface area contributed by atoms with E-state index >= 15 is 0 Å². The molecule has 0 radical (unpaired) electrons. The number of hydrogen-bond donors (Lipinski definition) is 1. The zero-order chi connectivity index (χ0) is 22.2. The summed E-state index contributed by atoms with van der Waals surface area (Å²) in [6.07, 6.45) is 3.25. The van der Waals surface area contributed by atoms with Crippen molar-refractivity contribution in [3.63, 3.8) is 0 Å². The predicted octanol–water partition coefficient (Wildman–Crippen LogP) is 3.11. The van der Waals surface area contributed by atoms with E-state index in [1.165, 1.54) is 4.40 Å². The van der Waals surface area contributed by atoms with Crippen molar-refractivity contribution < 1.29 is 9.53 Å². The lowest BCUT2D eigenvalue weighted by molar-refractivity contribution is -0.117. The van der Waals surface area contributed by atoms with E-state index in [9.17, 15) is 9.59 Å². The van der Waals surface area contributed by atoms with E-state index in [1.54, 1.807) is 60.4 Å². The van der Waals surface area contributed by atoms with Gasteiger partial charge in [-0.25, -0.2) is 18.4 Å². The van der Waals surface area contributed by atoms with Crippen LogP contribution in [0.1, 0.15) is 0 Å². The van der Waals surface area contributed by atoms with Gasteiger partial charge >= 0.3 is 5.69 Å². The van der Waals surface area contributed by atoms with Crippen molar-refractivity contribution in [2.75, 3.05) is 12.4 Å². The third-order valence-corrected chi connectivity index (χ3v) is 5.23. The number of carbonyl (C=O) groups is 1. The van der Waals surface area contributed by atoms with Gasteiger partial charge in [0.05, 0.1) is 12.8 Å². The Kier molecular flexibility index (Phi) is 4.87. The van der Waals surface area contributed by atoms with Crippen LogP contribution in [-0.2, 0) is 11.3 Å². The number of halogens is 1. The third kappa shape index (κ3) is 3.58. The van der Waals surface area contributed by atoms with E-state index in [-0.39, 0.29) is 12.5 Å². The zero-order valence-corrected chi connectivity index (χ0v) is 17.7. The number of aromatic nitrogens is 5. The molecular weight excluding hydrogens is 432 g/mol. The maximum atomic E-state index is 12.8. The molecule has 2 aromatic carbocycles. The van der Waals surface area contributed by atoms with E-state index < -0.39 is 5.69 Å². The summed E-state index contributed by atoms with van der Waals surface area (Å²) < 4.78 is 9.32. The lowest BCUT2D eigenvalue weighted by atomic mass is 10.1. The molecule has 3 heterocycles. The summed E-state index contributed by atoms with van der Waals surface area (Å²) in [6.45, 7) is -0.234. The van der Waals surface area contributed by atoms with Gasteiger partial charge in [0.15, 0.2) is 5.65 Å². The van der Waals surface area contributed by atoms with Crippen molar-refractivity contribution in [3.8, 4) is 17.0 Å². The minimum Gasteiger partial charge on any atom is -0.497 e. The van der Waals surface area contributed by atoms with Crippen molar-refractivity contribution in [2.24, 2.45) is 0 Å². The third-order valence-electron chi connectivity index (χ3n) is 4.98. The molecule has 1 N–H and O–H groups in total. The first-order valence-corrected chi connectivity index (χ1v) is 10.1. The van der Waals surface area contributed by atoms with Crippen LogP contribution in [0.4, 0.5) is 5.69 Å². The Morgan fingerprint density at radius 1 is 1.09 bits per heavy atom. The number of fused-ring (bicyclic) bond motifs is 3. The topological polar surface area (TPSA) is 94.9 Å². The number of ether oxygens (including phenoxy) is 1. The summed E-state index contributed by atoms with van der Waals surface area (Å²) in [4.78, 5) is 25.3. The van der Waals surface area contributed by atoms with Gasteiger partial charge in [0.2, 0.25) is 5.91 Å². The maximum absolute atomic E-state index is 12.8. The second-order valence-electron chi connectivity index (χ2n) is 7.08. The monoisotopic (exact) mass is 448 g/mol. The van der Waals surface area contributed by atoms with Gasteiger partial charge < -0.3 is 10.1 Å². The number of rotatable bonds is 5. The molecule has 0 spiro atoms. The lowest BCUT2D eigenvalue weighted by Gasteiger charge is -2.06. The van der Waals surface area contributed by atoms with Crippen LogP contribution >= 0.6 is 11.6 Å². The molecule has 5 rings (SSSR count). The van der Waals surface area contributed by atoms with Crippen LogP contribution in [0.3, 0.4) is 0 Å². The molecule has 0 atom stereocenters. The number of benzene rings is 2. The molecule has 1 amide bonds. The average Bonchev–Trinajstić information content (AvgIpc) is 3.36. The normalized spacial score (nSPS) is 11.2. The van der Waals surface area contributed by atoms with Crippen molar-refractivity contribution in [3.05, 3.63) is 82.5 Å². The summed E-state index contributed by atoms with van der Waals surface area (Å²) >= 11 is 5.97. The summed E-state index contributed by atoms with van der Waals surface area (Å²) in [5, 5.41) is 12.3. The molecule has 32 heavy (non-hydrogen) atoms. The first-order chi connectivity index (χ1) is 15.5. The molecule has 0 saturated heterocycles. The van der Waals surface area contributed by atoms with E-state index in [4.69, 9.17) is 16.3 Å². The summed E-state index contributed by atoms with van der Waals surface area (Å²) in [5.74, 6) is 0.238. The molecule has 10 heteroatoms. The van der Waals surface area contributed by atoms with Crippen molar-refractivity contribution in [2.45, 2.75) is 6.54 Å². The number of methoxy groups -OCH3 is 1. The number of hydrogen-bond acceptors (Lipinski definition) is 5. The number of nitrogens with zero attached hydrogens (tertiary/aromatic N) is 5. The van der Waals surface area contributed by atoms with E-state index in [0.29, 0.717) is 33.3 Å². The van der Waals surface area contributed by atoms with Crippen LogP contribution < -0.4 is 15.7 Å². The molecule has 0 unspecified atom stereocenters. The Morgan fingerprint density at radius 3 is 2.69 bits per heavy atom. The molecule has 0 aliphatic carbocycles. The van der Waals surface area contributed by atoms with Crippen LogP contribution in [0.15, 0.2) is 71.8 Å². The predicted molar refractivity (Wildman–Crippen MR) is 120 cm³/mol. The quantitative estimate of drug-likeness (QED) is 0.446. The van der Waals surface area contributed by atoms with Crippen LogP contribution in [-0.4, -0.2) is 36.8 Å². The molecule has 0 aliphatic rings. The minimum absolute atomic E-state index is 0.234. The van der Waals surface area contributed by atoms with Crippen LogP contribution in [0.25, 0.3) is 22.4 Å². The van der Waals surface area contributed by atoms with Gasteiger partial charge in [0, 0.05) is 34.7 Å². The standard InChI is InChI=1S/C22H17ClN6O3/c1-32-17-4-2-3-16(11-17)24-20(30)13-29-22(31)27-9-10-28-19(21(27)26-29)12-18(25-28)14-5-7-15(23)8-6-14/h2-12H,13H2,1H3,(H,24,30). The van der Waals surface area contributed by atoms with E-state index in [1.807, 2.05) is 18.2 Å². The van der Waals surface area contributed by atoms with Crippen LogP contribution in [0.5, 0.6) is 5.75 Å². The SMILES string of the molecule is COc1cccc(NC(=O)Cn2nc3c4cc(-c5ccc(Cl)cc5)nn4ccn3c2=O)c1. The fourth-order valence-electron chi connectivity index (χ4n) is 3.44. The van der Waals surface area contributed by atoms with E-state index in [0.717, 1.165) is 10.2 Å². The lowest BCUT2D eigenvalue weighted by Crippen LogP contribution is -2.28. The largest absolute Gasteiger partial charge is 0.497 e. The molecule has 0 bridgehead atoms. The fourth-order valence-corrected chi connectivity index (χ4v) is 3.56. The van der Waals surface area contributed by atoms with E-state index in [2.05, 4.69) is 15.5 Å². The second kappa shape index (κ2) is 7.86. The molecule has 160 valence electrons. The minimum atomic E-state index is -0.419. The summed E-state index contributed by atoms with van der Waals surface area (Å²) in [6, 6.07) is 16.1.